The van der Waals surface area contributed by atoms with Gasteiger partial charge in [-0.2, -0.15) is 0 Å². The molecule has 0 N–H and O–H groups in total. The molecule has 1 aromatic heterocycles. The monoisotopic (exact) mass is 369 g/mol. The van der Waals surface area contributed by atoms with E-state index in [9.17, 15) is 4.79 Å². The van der Waals surface area contributed by atoms with Crippen molar-refractivity contribution in [3.8, 4) is 0 Å². The Balaban J connectivity index is 0.00000180. The number of rotatable bonds is 4. The average Bonchev–Trinajstić information content (AvgIpc) is 2.40. The van der Waals surface area contributed by atoms with Crippen molar-refractivity contribution in [3.63, 3.8) is 0 Å². The number of carbonyl (C=O) groups is 1. The van der Waals surface area contributed by atoms with Gasteiger partial charge in [0.1, 0.15) is 13.7 Å². The number of benzene rings is 1. The number of aromatic nitrogens is 1. The highest BCUT2D eigenvalue weighted by Crippen LogP contribution is 2.03. The molecule has 1 aromatic carbocycles. The van der Waals surface area contributed by atoms with Gasteiger partial charge >= 0.3 is 5.97 Å². The van der Waals surface area contributed by atoms with Crippen molar-refractivity contribution in [1.29, 1.82) is 0 Å². The van der Waals surface area contributed by atoms with Crippen LogP contribution in [0.3, 0.4) is 0 Å². The zero-order chi connectivity index (χ0) is 12.8. The number of ether oxygens (including phenoxy) is 1. The minimum atomic E-state index is -0.201. The summed E-state index contributed by atoms with van der Waals surface area (Å²) in [6, 6.07) is 13.5. The number of aryl methyl sites for hydroxylation is 1. The molecule has 0 atom stereocenters. The average molecular weight is 369 g/mol. The fourth-order valence-electron chi connectivity index (χ4n) is 1.61. The van der Waals surface area contributed by atoms with Crippen LogP contribution in [0, 0.1) is 0 Å². The SMILES string of the molecule is C[n+]1ccc(CC(=O)OCc2ccccc2)cc1.[I-]. The molecular weight excluding hydrogens is 353 g/mol. The molecule has 2 rings (SSSR count). The first-order valence-electron chi connectivity index (χ1n) is 5.88. The Morgan fingerprint density at radius 1 is 1.05 bits per heavy atom. The van der Waals surface area contributed by atoms with Crippen LogP contribution in [0.25, 0.3) is 0 Å². The van der Waals surface area contributed by atoms with E-state index >= 15 is 0 Å². The minimum Gasteiger partial charge on any atom is -1.00 e. The van der Waals surface area contributed by atoms with Gasteiger partial charge < -0.3 is 28.7 Å². The molecule has 0 aliphatic carbocycles. The van der Waals surface area contributed by atoms with Gasteiger partial charge in [-0.05, 0) is 11.1 Å². The fraction of sp³-hybridized carbons (Fsp3) is 0.200. The quantitative estimate of drug-likeness (QED) is 0.385. The van der Waals surface area contributed by atoms with Crippen LogP contribution in [0.1, 0.15) is 11.1 Å². The Labute approximate surface area is 130 Å². The van der Waals surface area contributed by atoms with E-state index in [1.807, 2.05) is 66.5 Å². The first kappa shape index (κ1) is 15.6. The molecule has 4 heteroatoms. The van der Waals surface area contributed by atoms with Gasteiger partial charge in [0.05, 0.1) is 6.42 Å². The number of carbonyl (C=O) groups excluding carboxylic acids is 1. The molecule has 0 bridgehead atoms. The van der Waals surface area contributed by atoms with Crippen LogP contribution >= 0.6 is 0 Å². The number of hydrogen-bond donors (Lipinski definition) is 0. The largest absolute Gasteiger partial charge is 1.00 e. The van der Waals surface area contributed by atoms with Crippen LogP contribution in [0.5, 0.6) is 0 Å². The molecular formula is C15H16INO2. The maximum absolute atomic E-state index is 11.6. The molecule has 2 aromatic rings. The summed E-state index contributed by atoms with van der Waals surface area (Å²) in [4.78, 5) is 11.6. The zero-order valence-corrected chi connectivity index (χ0v) is 12.9. The summed E-state index contributed by atoms with van der Waals surface area (Å²) < 4.78 is 7.15. The molecule has 1 heterocycles. The summed E-state index contributed by atoms with van der Waals surface area (Å²) in [6.45, 7) is 0.334. The lowest BCUT2D eigenvalue weighted by atomic mass is 10.2. The van der Waals surface area contributed by atoms with Crippen molar-refractivity contribution < 1.29 is 38.1 Å². The van der Waals surface area contributed by atoms with Crippen molar-refractivity contribution in [2.45, 2.75) is 13.0 Å². The Kier molecular flexibility index (Phi) is 6.49. The zero-order valence-electron chi connectivity index (χ0n) is 10.8. The predicted octanol–water partition coefficient (Wildman–Crippen LogP) is -1.20. The molecule has 100 valence electrons. The number of esters is 1. The van der Waals surface area contributed by atoms with E-state index in [1.165, 1.54) is 0 Å². The lowest BCUT2D eigenvalue weighted by Gasteiger charge is -2.04. The van der Waals surface area contributed by atoms with Gasteiger partial charge in [-0.25, -0.2) is 4.57 Å². The molecule has 19 heavy (non-hydrogen) atoms. The normalized spacial score (nSPS) is 9.53. The van der Waals surface area contributed by atoms with E-state index in [1.54, 1.807) is 0 Å². The Morgan fingerprint density at radius 3 is 2.32 bits per heavy atom. The summed E-state index contributed by atoms with van der Waals surface area (Å²) in [5, 5.41) is 0. The first-order valence-corrected chi connectivity index (χ1v) is 5.88. The highest BCUT2D eigenvalue weighted by Gasteiger charge is 2.06. The lowest BCUT2D eigenvalue weighted by molar-refractivity contribution is -0.671. The van der Waals surface area contributed by atoms with Crippen molar-refractivity contribution >= 4 is 5.97 Å². The van der Waals surface area contributed by atoms with Gasteiger partial charge in [-0.1, -0.05) is 30.3 Å². The number of hydrogen-bond acceptors (Lipinski definition) is 2. The molecule has 0 amide bonds. The molecule has 0 saturated heterocycles. The fourth-order valence-corrected chi connectivity index (χ4v) is 1.61. The summed E-state index contributed by atoms with van der Waals surface area (Å²) in [5.41, 5.74) is 1.97. The molecule has 0 spiro atoms. The molecule has 0 aliphatic heterocycles. The minimum absolute atomic E-state index is 0. The van der Waals surface area contributed by atoms with Gasteiger partial charge in [0, 0.05) is 12.1 Å². The first-order chi connectivity index (χ1) is 8.74. The van der Waals surface area contributed by atoms with Crippen LogP contribution in [0.2, 0.25) is 0 Å². The van der Waals surface area contributed by atoms with Gasteiger partial charge in [0.25, 0.3) is 0 Å². The van der Waals surface area contributed by atoms with Crippen LogP contribution in [0.15, 0.2) is 54.9 Å². The standard InChI is InChI=1S/C15H16NO2.HI/c1-16-9-7-13(8-10-16)11-15(17)18-12-14-5-3-2-4-6-14;/h2-10H,11-12H2,1H3;1H/q+1;/p-1. The van der Waals surface area contributed by atoms with Crippen molar-refractivity contribution in [1.82, 2.24) is 0 Å². The number of pyridine rings is 1. The van der Waals surface area contributed by atoms with Gasteiger partial charge in [0.15, 0.2) is 12.4 Å². The second kappa shape index (κ2) is 7.89. The Hall–Kier alpha value is -1.43. The van der Waals surface area contributed by atoms with E-state index in [2.05, 4.69) is 0 Å². The van der Waals surface area contributed by atoms with Crippen molar-refractivity contribution in [3.05, 3.63) is 66.0 Å². The van der Waals surface area contributed by atoms with Gasteiger partial charge in [0.2, 0.25) is 0 Å². The molecule has 0 saturated carbocycles. The van der Waals surface area contributed by atoms with Crippen LogP contribution in [-0.4, -0.2) is 5.97 Å². The second-order valence-electron chi connectivity index (χ2n) is 4.19. The van der Waals surface area contributed by atoms with E-state index in [-0.39, 0.29) is 29.9 Å². The van der Waals surface area contributed by atoms with Crippen molar-refractivity contribution in [2.24, 2.45) is 7.05 Å². The van der Waals surface area contributed by atoms with Gasteiger partial charge in [-0.15, -0.1) is 0 Å². The summed E-state index contributed by atoms with van der Waals surface area (Å²) in [5.74, 6) is -0.201. The highest BCUT2D eigenvalue weighted by molar-refractivity contribution is 5.72. The molecule has 0 radical (unpaired) electrons. The maximum atomic E-state index is 11.6. The van der Waals surface area contributed by atoms with Crippen LogP contribution in [0.4, 0.5) is 0 Å². The topological polar surface area (TPSA) is 30.2 Å². The third-order valence-corrected chi connectivity index (χ3v) is 2.64. The Morgan fingerprint density at radius 2 is 1.68 bits per heavy atom. The Bertz CT molecular complexity index is 511. The summed E-state index contributed by atoms with van der Waals surface area (Å²) in [6.07, 6.45) is 4.15. The van der Waals surface area contributed by atoms with Crippen molar-refractivity contribution in [2.75, 3.05) is 0 Å². The molecule has 3 nitrogen and oxygen atoms in total. The second-order valence-corrected chi connectivity index (χ2v) is 4.19. The molecule has 0 fully saturated rings. The third-order valence-electron chi connectivity index (χ3n) is 2.64. The number of halogens is 1. The molecule has 0 aliphatic rings. The summed E-state index contributed by atoms with van der Waals surface area (Å²) in [7, 11) is 1.94. The van der Waals surface area contributed by atoms with Crippen LogP contribution in [-0.2, 0) is 29.6 Å². The van der Waals surface area contributed by atoms with Gasteiger partial charge in [-0.3, -0.25) is 4.79 Å². The van der Waals surface area contributed by atoms with Crippen LogP contribution < -0.4 is 28.5 Å². The number of nitrogens with zero attached hydrogens (tertiary/aromatic N) is 1. The maximum Gasteiger partial charge on any atom is 0.310 e. The smallest absolute Gasteiger partial charge is 0.310 e. The predicted molar refractivity (Wildman–Crippen MR) is 67.6 cm³/mol. The van der Waals surface area contributed by atoms with E-state index < -0.39 is 0 Å². The lowest BCUT2D eigenvalue weighted by Crippen LogP contribution is -3.00. The summed E-state index contributed by atoms with van der Waals surface area (Å²) >= 11 is 0. The third kappa shape index (κ3) is 5.38. The van der Waals surface area contributed by atoms with E-state index in [0.717, 1.165) is 11.1 Å². The van der Waals surface area contributed by atoms with E-state index in [4.69, 9.17) is 4.74 Å². The molecule has 0 unspecified atom stereocenters. The van der Waals surface area contributed by atoms with E-state index in [0.29, 0.717) is 13.0 Å². The highest BCUT2D eigenvalue weighted by atomic mass is 127.